The van der Waals surface area contributed by atoms with E-state index in [-0.39, 0.29) is 5.91 Å². The number of carbonyl (C=O) groups is 2. The van der Waals surface area contributed by atoms with Crippen molar-refractivity contribution in [3.8, 4) is 0 Å². The van der Waals surface area contributed by atoms with E-state index in [1.54, 1.807) is 11.9 Å². The predicted octanol–water partition coefficient (Wildman–Crippen LogP) is 0.842. The molecule has 0 bridgehead atoms. The first-order chi connectivity index (χ1) is 8.16. The molecule has 1 aliphatic heterocycles. The maximum absolute atomic E-state index is 12.0. The quantitative estimate of drug-likeness (QED) is 0.766. The third-order valence-electron chi connectivity index (χ3n) is 3.20. The summed E-state index contributed by atoms with van der Waals surface area (Å²) in [5, 5.41) is 12.1. The van der Waals surface area contributed by atoms with Crippen molar-refractivity contribution in [3.63, 3.8) is 0 Å². The first kappa shape index (κ1) is 14.0. The first-order valence-corrected chi connectivity index (χ1v) is 6.33. The maximum Gasteiger partial charge on any atom is 0.326 e. The lowest BCUT2D eigenvalue weighted by atomic mass is 10.0. The SMILES string of the molecule is CNCCC(=O)N1CCCCCCC1C(=O)O. The van der Waals surface area contributed by atoms with Gasteiger partial charge in [0.1, 0.15) is 6.04 Å². The first-order valence-electron chi connectivity index (χ1n) is 6.33. The minimum atomic E-state index is -0.871. The summed E-state index contributed by atoms with van der Waals surface area (Å²) in [5.41, 5.74) is 0. The van der Waals surface area contributed by atoms with Gasteiger partial charge in [0, 0.05) is 19.5 Å². The van der Waals surface area contributed by atoms with Crippen LogP contribution in [0.5, 0.6) is 0 Å². The average Bonchev–Trinajstić information content (AvgIpc) is 2.25. The van der Waals surface area contributed by atoms with E-state index in [0.717, 1.165) is 25.7 Å². The van der Waals surface area contributed by atoms with Crippen LogP contribution in [0.25, 0.3) is 0 Å². The van der Waals surface area contributed by atoms with Crippen molar-refractivity contribution in [1.29, 1.82) is 0 Å². The highest BCUT2D eigenvalue weighted by Gasteiger charge is 2.29. The fourth-order valence-corrected chi connectivity index (χ4v) is 2.22. The predicted molar refractivity (Wildman–Crippen MR) is 64.8 cm³/mol. The topological polar surface area (TPSA) is 69.6 Å². The van der Waals surface area contributed by atoms with E-state index in [2.05, 4.69) is 5.32 Å². The highest BCUT2D eigenvalue weighted by Crippen LogP contribution is 2.17. The summed E-state index contributed by atoms with van der Waals surface area (Å²) < 4.78 is 0. The summed E-state index contributed by atoms with van der Waals surface area (Å²) in [6, 6.07) is -0.625. The number of hydrogen-bond donors (Lipinski definition) is 2. The van der Waals surface area contributed by atoms with Crippen molar-refractivity contribution in [2.75, 3.05) is 20.1 Å². The van der Waals surface area contributed by atoms with E-state index in [4.69, 9.17) is 0 Å². The molecule has 1 rings (SSSR count). The molecular weight excluding hydrogens is 220 g/mol. The zero-order valence-electron chi connectivity index (χ0n) is 10.4. The van der Waals surface area contributed by atoms with Gasteiger partial charge in [-0.05, 0) is 19.9 Å². The molecule has 1 saturated heterocycles. The minimum Gasteiger partial charge on any atom is -0.480 e. The van der Waals surface area contributed by atoms with Crippen molar-refractivity contribution in [3.05, 3.63) is 0 Å². The van der Waals surface area contributed by atoms with Gasteiger partial charge in [0.05, 0.1) is 0 Å². The zero-order valence-corrected chi connectivity index (χ0v) is 10.4. The van der Waals surface area contributed by atoms with Crippen molar-refractivity contribution >= 4 is 11.9 Å². The van der Waals surface area contributed by atoms with Gasteiger partial charge in [-0.15, -0.1) is 0 Å². The Morgan fingerprint density at radius 3 is 2.65 bits per heavy atom. The van der Waals surface area contributed by atoms with Crippen molar-refractivity contribution in [2.24, 2.45) is 0 Å². The Hall–Kier alpha value is -1.10. The summed E-state index contributed by atoms with van der Waals surface area (Å²) in [4.78, 5) is 24.7. The van der Waals surface area contributed by atoms with Crippen LogP contribution in [0.15, 0.2) is 0 Å². The molecule has 1 fully saturated rings. The lowest BCUT2D eigenvalue weighted by molar-refractivity contribution is -0.151. The van der Waals surface area contributed by atoms with Gasteiger partial charge >= 0.3 is 5.97 Å². The van der Waals surface area contributed by atoms with Gasteiger partial charge in [-0.2, -0.15) is 0 Å². The van der Waals surface area contributed by atoms with Gasteiger partial charge in [-0.25, -0.2) is 4.79 Å². The molecule has 0 radical (unpaired) electrons. The number of nitrogens with one attached hydrogen (secondary N) is 1. The third kappa shape index (κ3) is 4.34. The Morgan fingerprint density at radius 1 is 1.29 bits per heavy atom. The number of aliphatic carboxylic acids is 1. The molecule has 98 valence electrons. The fourth-order valence-electron chi connectivity index (χ4n) is 2.22. The van der Waals surface area contributed by atoms with Gasteiger partial charge in [0.15, 0.2) is 0 Å². The number of amides is 1. The van der Waals surface area contributed by atoms with Crippen molar-refractivity contribution in [2.45, 2.75) is 44.6 Å². The van der Waals surface area contributed by atoms with E-state index >= 15 is 0 Å². The fraction of sp³-hybridized carbons (Fsp3) is 0.833. The van der Waals surface area contributed by atoms with E-state index in [9.17, 15) is 14.7 Å². The summed E-state index contributed by atoms with van der Waals surface area (Å²) in [5.74, 6) is -0.918. The number of carboxylic acid groups (broad SMARTS) is 1. The normalized spacial score (nSPS) is 21.7. The second kappa shape index (κ2) is 7.27. The van der Waals surface area contributed by atoms with Crippen LogP contribution in [0.2, 0.25) is 0 Å². The second-order valence-corrected chi connectivity index (χ2v) is 4.50. The molecular formula is C12H22N2O3. The van der Waals surface area contributed by atoms with E-state index < -0.39 is 12.0 Å². The summed E-state index contributed by atoms with van der Waals surface area (Å²) in [6.07, 6.45) is 4.92. The number of nitrogens with zero attached hydrogens (tertiary/aromatic N) is 1. The van der Waals surface area contributed by atoms with Crippen LogP contribution in [0.1, 0.15) is 38.5 Å². The Kier molecular flexibility index (Phi) is 5.97. The molecule has 0 spiro atoms. The molecule has 17 heavy (non-hydrogen) atoms. The van der Waals surface area contributed by atoms with E-state index in [0.29, 0.717) is 25.9 Å². The van der Waals surface area contributed by atoms with E-state index in [1.165, 1.54) is 0 Å². The third-order valence-corrected chi connectivity index (χ3v) is 3.20. The number of carbonyl (C=O) groups excluding carboxylic acids is 1. The largest absolute Gasteiger partial charge is 0.480 e. The van der Waals surface area contributed by atoms with Gasteiger partial charge in [0.25, 0.3) is 0 Å². The summed E-state index contributed by atoms with van der Waals surface area (Å²) in [6.45, 7) is 1.18. The standard InChI is InChI=1S/C12H22N2O3/c1-13-8-7-11(15)14-9-5-3-2-4-6-10(14)12(16)17/h10,13H,2-9H2,1H3,(H,16,17). The lowest BCUT2D eigenvalue weighted by Gasteiger charge is -2.31. The molecule has 0 aromatic heterocycles. The molecule has 1 atom stereocenters. The molecule has 1 aliphatic rings. The van der Waals surface area contributed by atoms with Crippen molar-refractivity contribution < 1.29 is 14.7 Å². The molecule has 0 aromatic rings. The summed E-state index contributed by atoms with van der Waals surface area (Å²) in [7, 11) is 1.79. The number of likely N-dealkylation sites (tertiary alicyclic amines) is 1. The lowest BCUT2D eigenvalue weighted by Crippen LogP contribution is -2.46. The molecule has 0 saturated carbocycles. The molecule has 2 N–H and O–H groups in total. The Labute approximate surface area is 102 Å². The Bertz CT molecular complexity index is 268. The highest BCUT2D eigenvalue weighted by molar-refractivity contribution is 5.83. The number of carboxylic acids is 1. The van der Waals surface area contributed by atoms with Gasteiger partial charge in [-0.1, -0.05) is 19.3 Å². The van der Waals surface area contributed by atoms with Gasteiger partial charge < -0.3 is 15.3 Å². The molecule has 1 heterocycles. The van der Waals surface area contributed by atoms with Crippen LogP contribution < -0.4 is 5.32 Å². The smallest absolute Gasteiger partial charge is 0.326 e. The van der Waals surface area contributed by atoms with Crippen LogP contribution >= 0.6 is 0 Å². The summed E-state index contributed by atoms with van der Waals surface area (Å²) >= 11 is 0. The van der Waals surface area contributed by atoms with Gasteiger partial charge in [-0.3, -0.25) is 4.79 Å². The number of rotatable bonds is 4. The van der Waals surface area contributed by atoms with Crippen LogP contribution in [-0.2, 0) is 9.59 Å². The molecule has 5 heteroatoms. The highest BCUT2D eigenvalue weighted by atomic mass is 16.4. The van der Waals surface area contributed by atoms with Crippen LogP contribution in [0.4, 0.5) is 0 Å². The molecule has 0 aromatic carbocycles. The van der Waals surface area contributed by atoms with Crippen LogP contribution in [0.3, 0.4) is 0 Å². The Morgan fingerprint density at radius 2 is 2.00 bits per heavy atom. The Balaban J connectivity index is 2.65. The molecule has 1 amide bonds. The average molecular weight is 242 g/mol. The second-order valence-electron chi connectivity index (χ2n) is 4.50. The van der Waals surface area contributed by atoms with Gasteiger partial charge in [0.2, 0.25) is 5.91 Å². The van der Waals surface area contributed by atoms with Crippen LogP contribution in [-0.4, -0.2) is 48.1 Å². The molecule has 1 unspecified atom stereocenters. The maximum atomic E-state index is 12.0. The molecule has 5 nitrogen and oxygen atoms in total. The zero-order chi connectivity index (χ0) is 12.7. The van der Waals surface area contributed by atoms with Crippen molar-refractivity contribution in [1.82, 2.24) is 10.2 Å². The molecule has 0 aliphatic carbocycles. The minimum absolute atomic E-state index is 0.0475. The van der Waals surface area contributed by atoms with E-state index in [1.807, 2.05) is 0 Å². The van der Waals surface area contributed by atoms with Crippen LogP contribution in [0, 0.1) is 0 Å². The monoisotopic (exact) mass is 242 g/mol. The number of hydrogen-bond acceptors (Lipinski definition) is 3.